The second-order valence-corrected chi connectivity index (χ2v) is 14.0. The predicted octanol–water partition coefficient (Wildman–Crippen LogP) is 6.05. The van der Waals surface area contributed by atoms with Gasteiger partial charge < -0.3 is 29.1 Å². The first-order valence-electron chi connectivity index (χ1n) is 19.0. The van der Waals surface area contributed by atoms with E-state index in [0.29, 0.717) is 47.2 Å². The van der Waals surface area contributed by atoms with Crippen molar-refractivity contribution in [3.05, 3.63) is 112 Å². The molecule has 2 N–H and O–H groups in total. The number of nitrogens with one attached hydrogen (secondary N) is 1. The zero-order chi connectivity index (χ0) is 39.2. The van der Waals surface area contributed by atoms with Gasteiger partial charge in [-0.25, -0.2) is 14.6 Å². The molecule has 2 aromatic heterocycles. The average molecular weight is 762 g/mol. The summed E-state index contributed by atoms with van der Waals surface area (Å²) in [6.45, 7) is 1.78. The maximum atomic E-state index is 14.9. The van der Waals surface area contributed by atoms with Crippen molar-refractivity contribution in [1.29, 1.82) is 0 Å². The van der Waals surface area contributed by atoms with Crippen molar-refractivity contribution in [2.75, 3.05) is 24.7 Å². The number of hydrogen-bond donors (Lipinski definition) is 2. The second-order valence-electron chi connectivity index (χ2n) is 14.0. The Bertz CT molecular complexity index is 2320. The Labute approximate surface area is 322 Å². The minimum Gasteiger partial charge on any atom is -0.493 e. The van der Waals surface area contributed by atoms with Crippen LogP contribution in [0.1, 0.15) is 84.3 Å². The summed E-state index contributed by atoms with van der Waals surface area (Å²) in [6, 6.07) is 21.3. The minimum atomic E-state index is -1.44. The number of nitrogens with zero attached hydrogens (tertiary/aromatic N) is 2. The SMILES string of the molecule is CCOC(=O)C[C@H]1[C@H](OC(=O)c2cc3ccccc3oc2=O)[C@@H](NC(=O)C2CCCCC2)c2cc(OCCCO)ccc2N1C(=O)c1ccc2ccccc2n1. The molecule has 5 aromatic rings. The number of para-hydroxylation sites is 2. The Balaban J connectivity index is 1.40. The first kappa shape index (κ1) is 38.2. The molecule has 3 heterocycles. The van der Waals surface area contributed by atoms with Crippen molar-refractivity contribution >= 4 is 51.3 Å². The van der Waals surface area contributed by atoms with Crippen LogP contribution in [-0.4, -0.2) is 65.8 Å². The summed E-state index contributed by atoms with van der Waals surface area (Å²) < 4.78 is 23.1. The van der Waals surface area contributed by atoms with E-state index in [1.165, 1.54) is 11.0 Å². The van der Waals surface area contributed by atoms with E-state index >= 15 is 0 Å². The third-order valence-corrected chi connectivity index (χ3v) is 10.3. The van der Waals surface area contributed by atoms with E-state index in [-0.39, 0.29) is 42.9 Å². The number of amides is 2. The molecule has 1 saturated carbocycles. The zero-order valence-electron chi connectivity index (χ0n) is 31.0. The van der Waals surface area contributed by atoms with Gasteiger partial charge in [-0.3, -0.25) is 19.3 Å². The van der Waals surface area contributed by atoms with Gasteiger partial charge in [-0.15, -0.1) is 0 Å². The number of benzene rings is 3. The molecule has 0 saturated heterocycles. The minimum absolute atomic E-state index is 0.0429. The molecule has 0 unspecified atom stereocenters. The Kier molecular flexibility index (Phi) is 11.7. The summed E-state index contributed by atoms with van der Waals surface area (Å²) in [7, 11) is 0. The van der Waals surface area contributed by atoms with E-state index in [4.69, 9.17) is 18.6 Å². The van der Waals surface area contributed by atoms with Crippen LogP contribution in [0.3, 0.4) is 0 Å². The number of aromatic nitrogens is 1. The van der Waals surface area contributed by atoms with Gasteiger partial charge in [0.05, 0.1) is 42.9 Å². The van der Waals surface area contributed by atoms with Crippen LogP contribution < -0.4 is 20.6 Å². The average Bonchev–Trinajstić information content (AvgIpc) is 3.21. The largest absolute Gasteiger partial charge is 0.493 e. The van der Waals surface area contributed by atoms with Gasteiger partial charge in [0.25, 0.3) is 5.91 Å². The third kappa shape index (κ3) is 8.13. The highest BCUT2D eigenvalue weighted by atomic mass is 16.6. The van der Waals surface area contributed by atoms with Gasteiger partial charge >= 0.3 is 17.6 Å². The molecule has 1 aliphatic heterocycles. The molecule has 3 aromatic carbocycles. The maximum absolute atomic E-state index is 14.9. The molecule has 1 aliphatic carbocycles. The molecule has 290 valence electrons. The number of pyridine rings is 1. The van der Waals surface area contributed by atoms with Crippen molar-refractivity contribution in [3.63, 3.8) is 0 Å². The lowest BCUT2D eigenvalue weighted by Crippen LogP contribution is -2.59. The summed E-state index contributed by atoms with van der Waals surface area (Å²) in [6.07, 6.45) is 2.59. The molecule has 7 rings (SSSR count). The third-order valence-electron chi connectivity index (χ3n) is 10.3. The molecule has 13 heteroatoms. The number of aliphatic hydroxyl groups is 1. The van der Waals surface area contributed by atoms with Crippen molar-refractivity contribution in [1.82, 2.24) is 10.3 Å². The molecule has 3 atom stereocenters. The standard InChI is InChI=1S/C43H43N3O10/c1-2-53-37(48)25-35-39(56-43(52)31-23-28-14-7-9-16-36(28)55-42(31)51)38(45-40(49)27-12-4-3-5-13-27)30-24-29(54-22-10-21-47)18-20-34(30)46(35)41(50)33-19-17-26-11-6-8-15-32(26)44-33/h6-9,11,14-20,23-24,27,35,38-39,47H,2-5,10,12-13,21-22,25H2,1H3,(H,45,49)/t35-,38-,39-/m0/s1. The second kappa shape index (κ2) is 17.2. The Morgan fingerprint density at radius 1 is 0.929 bits per heavy atom. The van der Waals surface area contributed by atoms with E-state index in [1.807, 2.05) is 12.1 Å². The van der Waals surface area contributed by atoms with Crippen LogP contribution in [0.15, 0.2) is 94.1 Å². The smallest absolute Gasteiger partial charge is 0.351 e. The van der Waals surface area contributed by atoms with Gasteiger partial charge in [-0.1, -0.05) is 61.7 Å². The van der Waals surface area contributed by atoms with E-state index in [9.17, 15) is 29.1 Å². The monoisotopic (exact) mass is 761 g/mol. The van der Waals surface area contributed by atoms with Crippen LogP contribution in [0.4, 0.5) is 5.69 Å². The van der Waals surface area contributed by atoms with Crippen LogP contribution in [0.25, 0.3) is 21.9 Å². The molecule has 0 bridgehead atoms. The lowest BCUT2D eigenvalue weighted by atomic mass is 9.84. The van der Waals surface area contributed by atoms with Gasteiger partial charge in [0.15, 0.2) is 0 Å². The van der Waals surface area contributed by atoms with Crippen LogP contribution >= 0.6 is 0 Å². The lowest BCUT2D eigenvalue weighted by Gasteiger charge is -2.45. The Hall–Kier alpha value is -6.08. The first-order valence-corrected chi connectivity index (χ1v) is 19.0. The fraction of sp³-hybridized carbons (Fsp3) is 0.349. The number of ether oxygens (including phenoxy) is 3. The summed E-state index contributed by atoms with van der Waals surface area (Å²) in [5.74, 6) is -2.58. The number of hydrogen-bond acceptors (Lipinski definition) is 11. The fourth-order valence-corrected chi connectivity index (χ4v) is 7.57. The summed E-state index contributed by atoms with van der Waals surface area (Å²) in [5.41, 5.74) is 0.227. The molecule has 2 amide bonds. The summed E-state index contributed by atoms with van der Waals surface area (Å²) in [5, 5.41) is 13.8. The van der Waals surface area contributed by atoms with E-state index in [1.54, 1.807) is 73.7 Å². The summed E-state index contributed by atoms with van der Waals surface area (Å²) >= 11 is 0. The quantitative estimate of drug-likeness (QED) is 0.0861. The molecule has 0 spiro atoms. The van der Waals surface area contributed by atoms with Gasteiger partial charge in [0, 0.05) is 35.3 Å². The van der Waals surface area contributed by atoms with Crippen molar-refractivity contribution in [3.8, 4) is 5.75 Å². The van der Waals surface area contributed by atoms with E-state index in [2.05, 4.69) is 10.3 Å². The van der Waals surface area contributed by atoms with Crippen LogP contribution in [0.2, 0.25) is 0 Å². The van der Waals surface area contributed by atoms with Gasteiger partial charge in [0.1, 0.15) is 28.7 Å². The highest BCUT2D eigenvalue weighted by Crippen LogP contribution is 2.43. The molecule has 2 aliphatic rings. The number of carbonyl (C=O) groups excluding carboxylic acids is 4. The normalized spacial score (nSPS) is 18.2. The molecule has 0 radical (unpaired) electrons. The van der Waals surface area contributed by atoms with Gasteiger partial charge in [-0.2, -0.15) is 0 Å². The van der Waals surface area contributed by atoms with Gasteiger partial charge in [-0.05, 0) is 62.2 Å². The van der Waals surface area contributed by atoms with Crippen molar-refractivity contribution < 1.29 is 42.9 Å². The van der Waals surface area contributed by atoms with E-state index < -0.39 is 53.6 Å². The van der Waals surface area contributed by atoms with Crippen LogP contribution in [-0.2, 0) is 19.1 Å². The Morgan fingerprint density at radius 2 is 1.70 bits per heavy atom. The maximum Gasteiger partial charge on any atom is 0.351 e. The first-order chi connectivity index (χ1) is 27.2. The molecular formula is C43H43N3O10. The Morgan fingerprint density at radius 3 is 2.48 bits per heavy atom. The number of fused-ring (bicyclic) bond motifs is 3. The highest BCUT2D eigenvalue weighted by molar-refractivity contribution is 6.08. The van der Waals surface area contributed by atoms with Crippen LogP contribution in [0, 0.1) is 5.92 Å². The topological polar surface area (TPSA) is 175 Å². The van der Waals surface area contributed by atoms with Gasteiger partial charge in [0.2, 0.25) is 5.91 Å². The molecule has 13 nitrogen and oxygen atoms in total. The highest BCUT2D eigenvalue weighted by Gasteiger charge is 2.49. The molecule has 56 heavy (non-hydrogen) atoms. The van der Waals surface area contributed by atoms with Crippen molar-refractivity contribution in [2.24, 2.45) is 5.92 Å². The summed E-state index contributed by atoms with van der Waals surface area (Å²) in [4.78, 5) is 76.0. The lowest BCUT2D eigenvalue weighted by molar-refractivity contribution is -0.144. The van der Waals surface area contributed by atoms with Crippen molar-refractivity contribution in [2.45, 2.75) is 70.1 Å². The number of anilines is 1. The van der Waals surface area contributed by atoms with Crippen LogP contribution in [0.5, 0.6) is 5.75 Å². The number of aliphatic hydroxyl groups excluding tert-OH is 1. The number of carbonyl (C=O) groups is 4. The zero-order valence-corrected chi connectivity index (χ0v) is 31.0. The van der Waals surface area contributed by atoms with E-state index in [0.717, 1.165) is 24.6 Å². The fourth-order valence-electron chi connectivity index (χ4n) is 7.57. The predicted molar refractivity (Wildman–Crippen MR) is 206 cm³/mol. The number of rotatable bonds is 12. The molecule has 1 fully saturated rings. The number of esters is 2. The molecular weight excluding hydrogens is 718 g/mol.